The third-order valence-electron chi connectivity index (χ3n) is 4.47. The monoisotopic (exact) mass is 272 g/mol. The Hall–Kier alpha value is -0.120. The highest BCUT2D eigenvalue weighted by Crippen LogP contribution is 2.25. The van der Waals surface area contributed by atoms with Crippen LogP contribution in [0.15, 0.2) is 0 Å². The molecule has 0 aliphatic rings. The van der Waals surface area contributed by atoms with Crippen molar-refractivity contribution in [2.75, 3.05) is 26.7 Å². The molecule has 0 aromatic carbocycles. The molecule has 0 amide bonds. The van der Waals surface area contributed by atoms with Gasteiger partial charge in [-0.25, -0.2) is 0 Å². The minimum Gasteiger partial charge on any atom is -0.379 e. The van der Waals surface area contributed by atoms with Gasteiger partial charge in [0.2, 0.25) is 0 Å². The third kappa shape index (κ3) is 5.80. The van der Waals surface area contributed by atoms with Crippen LogP contribution in [0.5, 0.6) is 0 Å². The van der Waals surface area contributed by atoms with Crippen molar-refractivity contribution >= 4 is 0 Å². The lowest BCUT2D eigenvalue weighted by atomic mass is 9.86. The summed E-state index contributed by atoms with van der Waals surface area (Å²) >= 11 is 0. The van der Waals surface area contributed by atoms with Crippen LogP contribution in [0, 0.1) is 0 Å². The standard InChI is InChI=1S/C16H36N2O/c1-9-17-14(12-13-15(4,5)19-8)16(6,7)18(10-2)11-3/h14,17H,9-13H2,1-8H3. The van der Waals surface area contributed by atoms with Crippen molar-refractivity contribution in [2.24, 2.45) is 0 Å². The summed E-state index contributed by atoms with van der Waals surface area (Å²) in [6, 6.07) is 0.492. The van der Waals surface area contributed by atoms with E-state index in [1.807, 2.05) is 0 Å². The number of methoxy groups -OCH3 is 1. The van der Waals surface area contributed by atoms with E-state index in [-0.39, 0.29) is 11.1 Å². The molecule has 116 valence electrons. The minimum atomic E-state index is -0.0347. The first-order chi connectivity index (χ1) is 8.75. The smallest absolute Gasteiger partial charge is 0.0623 e. The van der Waals surface area contributed by atoms with Crippen LogP contribution in [-0.2, 0) is 4.74 Å². The van der Waals surface area contributed by atoms with Gasteiger partial charge in [-0.15, -0.1) is 0 Å². The number of nitrogens with one attached hydrogen (secondary N) is 1. The van der Waals surface area contributed by atoms with Crippen molar-refractivity contribution in [2.45, 2.75) is 78.5 Å². The molecular weight excluding hydrogens is 236 g/mol. The van der Waals surface area contributed by atoms with Crippen LogP contribution < -0.4 is 5.32 Å². The zero-order chi connectivity index (χ0) is 15.1. The van der Waals surface area contributed by atoms with Gasteiger partial charge in [0.1, 0.15) is 0 Å². The number of hydrogen-bond donors (Lipinski definition) is 1. The molecule has 3 nitrogen and oxygen atoms in total. The number of nitrogens with zero attached hydrogens (tertiary/aromatic N) is 1. The summed E-state index contributed by atoms with van der Waals surface area (Å²) in [5.41, 5.74) is 0.135. The van der Waals surface area contributed by atoms with Gasteiger partial charge in [-0.3, -0.25) is 4.90 Å². The van der Waals surface area contributed by atoms with Gasteiger partial charge >= 0.3 is 0 Å². The second-order valence-electron chi connectivity index (χ2n) is 6.44. The molecule has 0 aromatic heterocycles. The maximum atomic E-state index is 5.55. The summed E-state index contributed by atoms with van der Waals surface area (Å²) in [5.74, 6) is 0. The summed E-state index contributed by atoms with van der Waals surface area (Å²) in [4.78, 5) is 2.54. The Balaban J connectivity index is 4.79. The number of ether oxygens (including phenoxy) is 1. The van der Waals surface area contributed by atoms with Crippen molar-refractivity contribution in [1.82, 2.24) is 10.2 Å². The molecule has 0 aliphatic carbocycles. The molecule has 0 saturated heterocycles. The predicted molar refractivity (Wildman–Crippen MR) is 84.8 cm³/mol. The van der Waals surface area contributed by atoms with Gasteiger partial charge in [-0.05, 0) is 60.2 Å². The predicted octanol–water partition coefficient (Wildman–Crippen LogP) is 3.29. The average Bonchev–Trinajstić information content (AvgIpc) is 2.35. The van der Waals surface area contributed by atoms with Crippen LogP contribution in [0.2, 0.25) is 0 Å². The molecule has 1 atom stereocenters. The average molecular weight is 272 g/mol. The van der Waals surface area contributed by atoms with Crippen LogP contribution in [0.25, 0.3) is 0 Å². The van der Waals surface area contributed by atoms with Gasteiger partial charge < -0.3 is 10.1 Å². The van der Waals surface area contributed by atoms with Crippen molar-refractivity contribution in [1.29, 1.82) is 0 Å². The first-order valence-corrected chi connectivity index (χ1v) is 7.78. The zero-order valence-electron chi connectivity index (χ0n) is 14.5. The van der Waals surface area contributed by atoms with Gasteiger partial charge in [0.15, 0.2) is 0 Å². The fourth-order valence-corrected chi connectivity index (χ4v) is 2.80. The molecule has 0 radical (unpaired) electrons. The fraction of sp³-hybridized carbons (Fsp3) is 1.00. The molecule has 0 rings (SSSR count). The van der Waals surface area contributed by atoms with E-state index >= 15 is 0 Å². The maximum Gasteiger partial charge on any atom is 0.0623 e. The van der Waals surface area contributed by atoms with Gasteiger partial charge in [0.25, 0.3) is 0 Å². The van der Waals surface area contributed by atoms with Crippen LogP contribution >= 0.6 is 0 Å². The van der Waals surface area contributed by atoms with E-state index in [2.05, 4.69) is 58.7 Å². The van der Waals surface area contributed by atoms with E-state index < -0.39 is 0 Å². The quantitative estimate of drug-likeness (QED) is 0.660. The molecule has 1 N–H and O–H groups in total. The highest BCUT2D eigenvalue weighted by molar-refractivity contribution is 4.93. The Morgan fingerprint density at radius 3 is 1.95 bits per heavy atom. The molecule has 1 unspecified atom stereocenters. The summed E-state index contributed by atoms with van der Waals surface area (Å²) < 4.78 is 5.55. The topological polar surface area (TPSA) is 24.5 Å². The molecule has 3 heteroatoms. The van der Waals surface area contributed by atoms with Crippen LogP contribution in [0.3, 0.4) is 0 Å². The van der Waals surface area contributed by atoms with E-state index in [1.54, 1.807) is 7.11 Å². The lowest BCUT2D eigenvalue weighted by molar-refractivity contribution is 0.00368. The summed E-state index contributed by atoms with van der Waals surface area (Å²) in [6.07, 6.45) is 2.21. The fourth-order valence-electron chi connectivity index (χ4n) is 2.80. The number of rotatable bonds is 10. The lowest BCUT2D eigenvalue weighted by Gasteiger charge is -2.44. The first kappa shape index (κ1) is 18.9. The van der Waals surface area contributed by atoms with Crippen molar-refractivity contribution in [3.63, 3.8) is 0 Å². The van der Waals surface area contributed by atoms with Crippen LogP contribution in [0.4, 0.5) is 0 Å². The van der Waals surface area contributed by atoms with Crippen molar-refractivity contribution in [3.8, 4) is 0 Å². The van der Waals surface area contributed by atoms with Crippen molar-refractivity contribution < 1.29 is 4.74 Å². The van der Waals surface area contributed by atoms with Gasteiger partial charge in [-0.1, -0.05) is 20.8 Å². The van der Waals surface area contributed by atoms with Gasteiger partial charge in [-0.2, -0.15) is 0 Å². The molecule has 0 fully saturated rings. The molecular formula is C16H36N2O. The Labute approximate surface area is 121 Å². The van der Waals surface area contributed by atoms with E-state index in [0.29, 0.717) is 6.04 Å². The zero-order valence-corrected chi connectivity index (χ0v) is 14.5. The minimum absolute atomic E-state index is 0.0347. The molecule has 0 aliphatic heterocycles. The number of hydrogen-bond acceptors (Lipinski definition) is 3. The largest absolute Gasteiger partial charge is 0.379 e. The van der Waals surface area contributed by atoms with Crippen molar-refractivity contribution in [3.05, 3.63) is 0 Å². The summed E-state index contributed by atoms with van der Waals surface area (Å²) in [6.45, 7) is 18.9. The van der Waals surface area contributed by atoms with Crippen LogP contribution in [-0.4, -0.2) is 48.8 Å². The second-order valence-corrected chi connectivity index (χ2v) is 6.44. The van der Waals surface area contributed by atoms with Gasteiger partial charge in [0, 0.05) is 18.7 Å². The SMILES string of the molecule is CCNC(CCC(C)(C)OC)C(C)(C)N(CC)CC. The highest BCUT2D eigenvalue weighted by atomic mass is 16.5. The Kier molecular flexibility index (Phi) is 8.18. The van der Waals surface area contributed by atoms with E-state index in [0.717, 1.165) is 32.5 Å². The van der Waals surface area contributed by atoms with E-state index in [4.69, 9.17) is 4.74 Å². The molecule has 0 aromatic rings. The van der Waals surface area contributed by atoms with E-state index in [9.17, 15) is 0 Å². The van der Waals surface area contributed by atoms with Gasteiger partial charge in [0.05, 0.1) is 5.60 Å². The maximum absolute atomic E-state index is 5.55. The molecule has 19 heavy (non-hydrogen) atoms. The second kappa shape index (κ2) is 8.23. The number of likely N-dealkylation sites (N-methyl/N-ethyl adjacent to an activating group) is 2. The molecule has 0 heterocycles. The Morgan fingerprint density at radius 1 is 1.05 bits per heavy atom. The molecule has 0 saturated carbocycles. The highest BCUT2D eigenvalue weighted by Gasteiger charge is 2.34. The normalized spacial score (nSPS) is 15.0. The first-order valence-electron chi connectivity index (χ1n) is 7.78. The molecule has 0 spiro atoms. The summed E-state index contributed by atoms with van der Waals surface area (Å²) in [7, 11) is 1.80. The Morgan fingerprint density at radius 2 is 1.58 bits per heavy atom. The lowest BCUT2D eigenvalue weighted by Crippen LogP contribution is -2.58. The Bertz CT molecular complexity index is 235. The van der Waals surface area contributed by atoms with E-state index in [1.165, 1.54) is 0 Å². The van der Waals surface area contributed by atoms with Crippen LogP contribution in [0.1, 0.15) is 61.3 Å². The third-order valence-corrected chi connectivity index (χ3v) is 4.47. The summed E-state index contributed by atoms with van der Waals surface area (Å²) in [5, 5.41) is 3.67. The molecule has 0 bridgehead atoms.